The van der Waals surface area contributed by atoms with Crippen molar-refractivity contribution in [3.8, 4) is 0 Å². The second-order valence-corrected chi connectivity index (χ2v) is 6.88. The maximum atomic E-state index is 5.37. The van der Waals surface area contributed by atoms with Crippen molar-refractivity contribution < 1.29 is 4.74 Å². The molecule has 0 fully saturated rings. The molecule has 0 amide bonds. The molecule has 0 saturated carbocycles. The molecule has 0 bridgehead atoms. The Morgan fingerprint density at radius 3 is 2.40 bits per heavy atom. The van der Waals surface area contributed by atoms with Crippen LogP contribution in [0.2, 0.25) is 0 Å². The molecule has 4 heteroatoms. The van der Waals surface area contributed by atoms with E-state index in [-0.39, 0.29) is 10.8 Å². The highest BCUT2D eigenvalue weighted by atomic mass is 16.5. The van der Waals surface area contributed by atoms with Gasteiger partial charge in [0.15, 0.2) is 0 Å². The molecule has 0 aliphatic rings. The van der Waals surface area contributed by atoms with E-state index in [1.807, 2.05) is 11.1 Å². The van der Waals surface area contributed by atoms with E-state index in [0.29, 0.717) is 0 Å². The summed E-state index contributed by atoms with van der Waals surface area (Å²) >= 11 is 0. The minimum Gasteiger partial charge on any atom is -0.403 e. The highest BCUT2D eigenvalue weighted by Gasteiger charge is 2.28. The predicted octanol–water partition coefficient (Wildman–Crippen LogP) is 2.54. The predicted molar refractivity (Wildman–Crippen MR) is 87.2 cm³/mol. The zero-order valence-corrected chi connectivity index (χ0v) is 13.9. The van der Waals surface area contributed by atoms with Gasteiger partial charge >= 0.3 is 0 Å². The van der Waals surface area contributed by atoms with Crippen molar-refractivity contribution in [2.45, 2.75) is 34.1 Å². The van der Waals surface area contributed by atoms with Crippen molar-refractivity contribution in [2.24, 2.45) is 16.6 Å². The monoisotopic (exact) mass is 283 g/mol. The second kappa shape index (κ2) is 9.03. The summed E-state index contributed by atoms with van der Waals surface area (Å²) in [4.78, 5) is 1.97. The summed E-state index contributed by atoms with van der Waals surface area (Å²) in [6.07, 6.45) is 6.24. The van der Waals surface area contributed by atoms with Gasteiger partial charge in [-0.25, -0.2) is 0 Å². The van der Waals surface area contributed by atoms with Crippen LogP contribution in [-0.4, -0.2) is 38.3 Å². The van der Waals surface area contributed by atoms with Crippen LogP contribution in [0.15, 0.2) is 25.2 Å². The fourth-order valence-corrected chi connectivity index (χ4v) is 2.77. The molecule has 0 aliphatic heterocycles. The van der Waals surface area contributed by atoms with Gasteiger partial charge < -0.3 is 20.7 Å². The third-order valence-corrected chi connectivity index (χ3v) is 3.15. The van der Waals surface area contributed by atoms with Gasteiger partial charge in [-0.05, 0) is 23.5 Å². The molecular formula is C16H33N3O. The molecule has 4 nitrogen and oxygen atoms in total. The lowest BCUT2D eigenvalue weighted by atomic mass is 9.75. The molecule has 0 aromatic heterocycles. The Balaban J connectivity index is 4.07. The van der Waals surface area contributed by atoms with E-state index in [0.717, 1.165) is 32.7 Å². The molecule has 0 radical (unpaired) electrons. The lowest BCUT2D eigenvalue weighted by Gasteiger charge is -2.35. The SMILES string of the molecule is C=CN(/C=C\N)CCNCC(C)(C)CC(C)(C)COC. The van der Waals surface area contributed by atoms with Gasteiger partial charge in [0.2, 0.25) is 0 Å². The molecule has 0 aromatic carbocycles. The molecule has 0 rings (SSSR count). The molecule has 0 unspecified atom stereocenters. The van der Waals surface area contributed by atoms with Gasteiger partial charge in [-0.3, -0.25) is 0 Å². The Morgan fingerprint density at radius 1 is 1.25 bits per heavy atom. The summed E-state index contributed by atoms with van der Waals surface area (Å²) in [5.74, 6) is 0. The number of ether oxygens (including phenoxy) is 1. The average molecular weight is 283 g/mol. The Bertz CT molecular complexity index is 298. The summed E-state index contributed by atoms with van der Waals surface area (Å²) in [6, 6.07) is 0. The molecule has 0 heterocycles. The third kappa shape index (κ3) is 8.99. The van der Waals surface area contributed by atoms with Crippen molar-refractivity contribution in [2.75, 3.05) is 33.4 Å². The molecule has 0 atom stereocenters. The lowest BCUT2D eigenvalue weighted by molar-refractivity contribution is 0.0675. The van der Waals surface area contributed by atoms with Gasteiger partial charge in [0.25, 0.3) is 0 Å². The van der Waals surface area contributed by atoms with Crippen LogP contribution in [0.3, 0.4) is 0 Å². The Hall–Kier alpha value is -1.00. The summed E-state index contributed by atoms with van der Waals surface area (Å²) in [5.41, 5.74) is 5.82. The van der Waals surface area contributed by atoms with Crippen LogP contribution >= 0.6 is 0 Å². The van der Waals surface area contributed by atoms with Crippen molar-refractivity contribution in [3.05, 3.63) is 25.2 Å². The second-order valence-electron chi connectivity index (χ2n) is 6.88. The van der Waals surface area contributed by atoms with Crippen molar-refractivity contribution in [3.63, 3.8) is 0 Å². The minimum atomic E-state index is 0.204. The van der Waals surface area contributed by atoms with Gasteiger partial charge in [0, 0.05) is 39.1 Å². The molecular weight excluding hydrogens is 250 g/mol. The van der Waals surface area contributed by atoms with Crippen molar-refractivity contribution in [1.82, 2.24) is 10.2 Å². The maximum Gasteiger partial charge on any atom is 0.0513 e. The van der Waals surface area contributed by atoms with Gasteiger partial charge in [-0.2, -0.15) is 0 Å². The van der Waals surface area contributed by atoms with E-state index in [9.17, 15) is 0 Å². The van der Waals surface area contributed by atoms with Crippen LogP contribution in [0.25, 0.3) is 0 Å². The molecule has 0 spiro atoms. The normalized spacial score (nSPS) is 12.8. The highest BCUT2D eigenvalue weighted by molar-refractivity contribution is 4.86. The number of methoxy groups -OCH3 is 1. The maximum absolute atomic E-state index is 5.37. The number of nitrogens with one attached hydrogen (secondary N) is 1. The largest absolute Gasteiger partial charge is 0.403 e. The number of nitrogens with zero attached hydrogens (tertiary/aromatic N) is 1. The van der Waals surface area contributed by atoms with E-state index >= 15 is 0 Å². The number of hydrogen-bond acceptors (Lipinski definition) is 4. The van der Waals surface area contributed by atoms with Gasteiger partial charge in [0.05, 0.1) is 6.61 Å². The molecule has 0 saturated heterocycles. The Labute approximate surface area is 125 Å². The van der Waals surface area contributed by atoms with E-state index in [4.69, 9.17) is 10.5 Å². The van der Waals surface area contributed by atoms with Crippen LogP contribution in [-0.2, 0) is 4.74 Å². The van der Waals surface area contributed by atoms with E-state index < -0.39 is 0 Å². The van der Waals surface area contributed by atoms with E-state index in [1.165, 1.54) is 6.20 Å². The summed E-state index contributed by atoms with van der Waals surface area (Å²) in [7, 11) is 1.77. The standard InChI is InChI=1S/C16H33N3O/c1-7-19(10-8-17)11-9-18-13-15(2,3)12-16(4,5)14-20-6/h7-8,10,18H,1,9,11-14,17H2,2-6H3/b10-8-. The summed E-state index contributed by atoms with van der Waals surface area (Å²) in [5, 5.41) is 3.51. The minimum absolute atomic E-state index is 0.204. The van der Waals surface area contributed by atoms with Crippen molar-refractivity contribution >= 4 is 0 Å². The average Bonchev–Trinajstić information content (AvgIpc) is 2.31. The Morgan fingerprint density at radius 2 is 1.90 bits per heavy atom. The van der Waals surface area contributed by atoms with Crippen LogP contribution < -0.4 is 11.1 Å². The molecule has 0 aromatic rings. The molecule has 3 N–H and O–H groups in total. The first-order chi connectivity index (χ1) is 9.26. The van der Waals surface area contributed by atoms with Crippen LogP contribution in [0.4, 0.5) is 0 Å². The first kappa shape index (κ1) is 19.0. The van der Waals surface area contributed by atoms with Gasteiger partial charge in [-0.15, -0.1) is 0 Å². The zero-order chi connectivity index (χ0) is 15.6. The zero-order valence-electron chi connectivity index (χ0n) is 13.9. The number of nitrogens with two attached hydrogens (primary N) is 1. The van der Waals surface area contributed by atoms with Crippen molar-refractivity contribution in [1.29, 1.82) is 0 Å². The fourth-order valence-electron chi connectivity index (χ4n) is 2.77. The quantitative estimate of drug-likeness (QED) is 0.572. The van der Waals surface area contributed by atoms with Crippen LogP contribution in [0, 0.1) is 10.8 Å². The highest BCUT2D eigenvalue weighted by Crippen LogP contribution is 2.33. The Kier molecular flexibility index (Phi) is 8.58. The van der Waals surface area contributed by atoms with Gasteiger partial charge in [-0.1, -0.05) is 34.3 Å². The van der Waals surface area contributed by atoms with E-state index in [1.54, 1.807) is 13.3 Å². The van der Waals surface area contributed by atoms with E-state index in [2.05, 4.69) is 39.6 Å². The van der Waals surface area contributed by atoms with Crippen LogP contribution in [0.1, 0.15) is 34.1 Å². The fraction of sp³-hybridized carbons (Fsp3) is 0.750. The summed E-state index contributed by atoms with van der Waals surface area (Å²) < 4.78 is 5.29. The molecule has 0 aliphatic carbocycles. The molecule has 20 heavy (non-hydrogen) atoms. The smallest absolute Gasteiger partial charge is 0.0513 e. The van der Waals surface area contributed by atoms with Gasteiger partial charge in [0.1, 0.15) is 0 Å². The number of rotatable bonds is 11. The summed E-state index contributed by atoms with van der Waals surface area (Å²) in [6.45, 7) is 16.4. The first-order valence-corrected chi connectivity index (χ1v) is 7.23. The third-order valence-electron chi connectivity index (χ3n) is 3.15. The lowest BCUT2D eigenvalue weighted by Crippen LogP contribution is -2.37. The first-order valence-electron chi connectivity index (χ1n) is 7.23. The number of hydrogen-bond donors (Lipinski definition) is 2. The van der Waals surface area contributed by atoms with Crippen LogP contribution in [0.5, 0.6) is 0 Å². The molecule has 118 valence electrons. The topological polar surface area (TPSA) is 50.5 Å².